The molecule has 0 aliphatic carbocycles. The Morgan fingerprint density at radius 3 is 2.63 bits per heavy atom. The van der Waals surface area contributed by atoms with E-state index in [1.807, 2.05) is 43.3 Å². The van der Waals surface area contributed by atoms with Gasteiger partial charge in [-0.2, -0.15) is 10.4 Å². The number of benzene rings is 2. The Labute approximate surface area is 164 Å². The van der Waals surface area contributed by atoms with Crippen LogP contribution in [0.25, 0.3) is 0 Å². The summed E-state index contributed by atoms with van der Waals surface area (Å²) in [7, 11) is 0. The number of rotatable bonds is 5. The van der Waals surface area contributed by atoms with Gasteiger partial charge in [-0.3, -0.25) is 0 Å². The number of anilines is 1. The molecule has 2 aromatic carbocycles. The molecule has 0 amide bonds. The van der Waals surface area contributed by atoms with E-state index in [0.717, 1.165) is 22.5 Å². The standard InChI is InChI=1S/C21H23ClN4O/c1-13-16(10-9-15(12-23)19(13)22)24-20(21(2,3)27)18-11-17(25-26-18)14-7-5-4-6-8-14/h4-10,18,20,24,26-27H,11H2,1-3H3/t18?,20-/m0/s1. The van der Waals surface area contributed by atoms with E-state index in [9.17, 15) is 5.11 Å². The molecule has 0 fully saturated rings. The van der Waals surface area contributed by atoms with Gasteiger partial charge in [0.05, 0.1) is 34.0 Å². The second-order valence-corrected chi connectivity index (χ2v) is 7.73. The Hall–Kier alpha value is -2.55. The molecule has 5 nitrogen and oxygen atoms in total. The van der Waals surface area contributed by atoms with Crippen molar-refractivity contribution in [3.8, 4) is 6.07 Å². The highest BCUT2D eigenvalue weighted by molar-refractivity contribution is 6.32. The molecule has 0 radical (unpaired) electrons. The second kappa shape index (κ2) is 7.59. The fourth-order valence-corrected chi connectivity index (χ4v) is 3.54. The van der Waals surface area contributed by atoms with Gasteiger partial charge in [0.15, 0.2) is 0 Å². The third kappa shape index (κ3) is 4.08. The van der Waals surface area contributed by atoms with Crippen molar-refractivity contribution in [1.82, 2.24) is 5.43 Å². The van der Waals surface area contributed by atoms with E-state index in [1.165, 1.54) is 0 Å². The summed E-state index contributed by atoms with van der Waals surface area (Å²) in [5.41, 5.74) is 6.21. The molecule has 0 aromatic heterocycles. The Balaban J connectivity index is 1.83. The Bertz CT molecular complexity index is 897. The van der Waals surface area contributed by atoms with Gasteiger partial charge >= 0.3 is 0 Å². The number of hydrazone groups is 1. The molecule has 0 saturated heterocycles. The molecular formula is C21H23ClN4O. The maximum atomic E-state index is 10.8. The zero-order valence-electron chi connectivity index (χ0n) is 15.6. The van der Waals surface area contributed by atoms with Crippen LogP contribution in [0.1, 0.15) is 37.0 Å². The number of hydrogen-bond acceptors (Lipinski definition) is 5. The predicted octanol–water partition coefficient (Wildman–Crippen LogP) is 3.84. The number of nitrogens with zero attached hydrogens (tertiary/aromatic N) is 2. The smallest absolute Gasteiger partial charge is 0.101 e. The van der Waals surface area contributed by atoms with E-state index >= 15 is 0 Å². The molecule has 140 valence electrons. The first-order chi connectivity index (χ1) is 12.8. The summed E-state index contributed by atoms with van der Waals surface area (Å²) >= 11 is 6.30. The molecule has 1 heterocycles. The van der Waals surface area contributed by atoms with Crippen LogP contribution >= 0.6 is 11.6 Å². The summed E-state index contributed by atoms with van der Waals surface area (Å²) < 4.78 is 0. The highest BCUT2D eigenvalue weighted by atomic mass is 35.5. The fourth-order valence-electron chi connectivity index (χ4n) is 3.33. The SMILES string of the molecule is Cc1c(N[C@@H](C2CC(c3ccccc3)=NN2)C(C)(C)O)ccc(C#N)c1Cl. The number of nitriles is 1. The van der Waals surface area contributed by atoms with Gasteiger partial charge in [0.1, 0.15) is 6.07 Å². The van der Waals surface area contributed by atoms with Crippen molar-refractivity contribution in [2.24, 2.45) is 5.10 Å². The second-order valence-electron chi connectivity index (χ2n) is 7.35. The molecule has 0 bridgehead atoms. The van der Waals surface area contributed by atoms with Crippen LogP contribution in [0.2, 0.25) is 5.02 Å². The van der Waals surface area contributed by atoms with Crippen molar-refractivity contribution in [3.63, 3.8) is 0 Å². The number of halogens is 1. The van der Waals surface area contributed by atoms with Crippen LogP contribution in [-0.4, -0.2) is 28.5 Å². The van der Waals surface area contributed by atoms with Gasteiger partial charge in [-0.25, -0.2) is 0 Å². The quantitative estimate of drug-likeness (QED) is 0.734. The van der Waals surface area contributed by atoms with Crippen LogP contribution < -0.4 is 10.7 Å². The molecule has 27 heavy (non-hydrogen) atoms. The van der Waals surface area contributed by atoms with Gasteiger partial charge < -0.3 is 15.8 Å². The van der Waals surface area contributed by atoms with Gasteiger partial charge in [-0.15, -0.1) is 0 Å². The van der Waals surface area contributed by atoms with Crippen molar-refractivity contribution < 1.29 is 5.11 Å². The summed E-state index contributed by atoms with van der Waals surface area (Å²) in [6.45, 7) is 5.40. The maximum absolute atomic E-state index is 10.8. The molecule has 0 saturated carbocycles. The van der Waals surface area contributed by atoms with Crippen LogP contribution in [0.3, 0.4) is 0 Å². The minimum absolute atomic E-state index is 0.0889. The zero-order chi connectivity index (χ0) is 19.6. The number of nitrogens with one attached hydrogen (secondary N) is 2. The molecule has 2 aromatic rings. The molecular weight excluding hydrogens is 360 g/mol. The van der Waals surface area contributed by atoms with Crippen molar-refractivity contribution in [1.29, 1.82) is 5.26 Å². The largest absolute Gasteiger partial charge is 0.388 e. The number of aliphatic hydroxyl groups is 1. The first kappa shape index (κ1) is 19.2. The molecule has 2 atom stereocenters. The normalized spacial score (nSPS) is 17.6. The third-order valence-corrected chi connectivity index (χ3v) is 5.35. The van der Waals surface area contributed by atoms with E-state index in [0.29, 0.717) is 17.0 Å². The molecule has 1 aliphatic rings. The minimum Gasteiger partial charge on any atom is -0.388 e. The van der Waals surface area contributed by atoms with Crippen LogP contribution in [-0.2, 0) is 0 Å². The lowest BCUT2D eigenvalue weighted by molar-refractivity contribution is 0.0480. The van der Waals surface area contributed by atoms with Gasteiger partial charge in [0.25, 0.3) is 0 Å². The van der Waals surface area contributed by atoms with Gasteiger partial charge in [0.2, 0.25) is 0 Å². The third-order valence-electron chi connectivity index (χ3n) is 4.87. The molecule has 6 heteroatoms. The predicted molar refractivity (Wildman–Crippen MR) is 109 cm³/mol. The molecule has 3 N–H and O–H groups in total. The van der Waals surface area contributed by atoms with E-state index in [-0.39, 0.29) is 12.1 Å². The lowest BCUT2D eigenvalue weighted by Crippen LogP contribution is -2.53. The van der Waals surface area contributed by atoms with E-state index in [2.05, 4.69) is 21.9 Å². The Kier molecular flexibility index (Phi) is 5.41. The topological polar surface area (TPSA) is 80.4 Å². The Morgan fingerprint density at radius 1 is 1.30 bits per heavy atom. The van der Waals surface area contributed by atoms with E-state index in [1.54, 1.807) is 19.9 Å². The Morgan fingerprint density at radius 2 is 2.00 bits per heavy atom. The average Bonchev–Trinajstić information content (AvgIpc) is 3.12. The van der Waals surface area contributed by atoms with Gasteiger partial charge in [-0.1, -0.05) is 41.9 Å². The fraction of sp³-hybridized carbons (Fsp3) is 0.333. The summed E-state index contributed by atoms with van der Waals surface area (Å²) in [6.07, 6.45) is 0.689. The molecule has 0 spiro atoms. The molecule has 1 aliphatic heterocycles. The van der Waals surface area contributed by atoms with Crippen LogP contribution in [0.5, 0.6) is 0 Å². The van der Waals surface area contributed by atoms with Crippen LogP contribution in [0, 0.1) is 18.3 Å². The first-order valence-electron chi connectivity index (χ1n) is 8.87. The van der Waals surface area contributed by atoms with E-state index in [4.69, 9.17) is 16.9 Å². The summed E-state index contributed by atoms with van der Waals surface area (Å²) in [4.78, 5) is 0. The van der Waals surface area contributed by atoms with Gasteiger partial charge in [0, 0.05) is 12.1 Å². The monoisotopic (exact) mass is 382 g/mol. The lowest BCUT2D eigenvalue weighted by Gasteiger charge is -2.35. The maximum Gasteiger partial charge on any atom is 0.101 e. The minimum atomic E-state index is -1.01. The summed E-state index contributed by atoms with van der Waals surface area (Å²) in [5, 5.41) is 28.2. The van der Waals surface area contributed by atoms with Crippen molar-refractivity contribution in [2.45, 2.75) is 44.9 Å². The number of hydrogen-bond donors (Lipinski definition) is 3. The summed E-state index contributed by atoms with van der Waals surface area (Å²) in [6, 6.07) is 15.2. The summed E-state index contributed by atoms with van der Waals surface area (Å²) in [5.74, 6) is 0. The lowest BCUT2D eigenvalue weighted by atomic mass is 9.88. The highest BCUT2D eigenvalue weighted by Crippen LogP contribution is 2.30. The van der Waals surface area contributed by atoms with Crippen LogP contribution in [0.15, 0.2) is 47.6 Å². The van der Waals surface area contributed by atoms with Gasteiger partial charge in [-0.05, 0) is 44.0 Å². The first-order valence-corrected chi connectivity index (χ1v) is 9.24. The molecule has 1 unspecified atom stereocenters. The highest BCUT2D eigenvalue weighted by Gasteiger charge is 2.37. The zero-order valence-corrected chi connectivity index (χ0v) is 16.4. The average molecular weight is 383 g/mol. The van der Waals surface area contributed by atoms with Crippen molar-refractivity contribution in [2.75, 3.05) is 5.32 Å². The van der Waals surface area contributed by atoms with Crippen molar-refractivity contribution in [3.05, 3.63) is 64.2 Å². The molecule has 3 rings (SSSR count). The van der Waals surface area contributed by atoms with Crippen LogP contribution in [0.4, 0.5) is 5.69 Å². The van der Waals surface area contributed by atoms with Crippen molar-refractivity contribution >= 4 is 23.0 Å². The van der Waals surface area contributed by atoms with E-state index < -0.39 is 5.60 Å².